The van der Waals surface area contributed by atoms with Gasteiger partial charge in [-0.2, -0.15) is 0 Å². The second-order valence-corrected chi connectivity index (χ2v) is 6.38. The van der Waals surface area contributed by atoms with Crippen LogP contribution in [-0.4, -0.2) is 22.0 Å². The third-order valence-corrected chi connectivity index (χ3v) is 4.24. The van der Waals surface area contributed by atoms with E-state index in [1.54, 1.807) is 0 Å². The van der Waals surface area contributed by atoms with Crippen molar-refractivity contribution in [2.45, 2.75) is 19.9 Å². The maximum atomic E-state index is 11.1. The molecule has 0 aliphatic heterocycles. The van der Waals surface area contributed by atoms with Gasteiger partial charge in [0.1, 0.15) is 5.82 Å². The lowest BCUT2D eigenvalue weighted by atomic mass is 10.2. The van der Waals surface area contributed by atoms with Crippen LogP contribution in [0.4, 0.5) is 0 Å². The second kappa shape index (κ2) is 6.96. The van der Waals surface area contributed by atoms with Crippen LogP contribution >= 0.6 is 15.9 Å². The highest BCUT2D eigenvalue weighted by atomic mass is 79.9. The smallest absolute Gasteiger partial charge is 0.216 e. The summed E-state index contributed by atoms with van der Waals surface area (Å²) in [7, 11) is 0. The van der Waals surface area contributed by atoms with Crippen molar-refractivity contribution < 1.29 is 4.79 Å². The summed E-state index contributed by atoms with van der Waals surface area (Å²) >= 11 is 3.47. The number of halogens is 1. The highest BCUT2D eigenvalue weighted by molar-refractivity contribution is 9.10. The molecule has 0 aliphatic rings. The largest absolute Gasteiger partial charge is 0.356 e. The van der Waals surface area contributed by atoms with Crippen LogP contribution in [0.15, 0.2) is 53.0 Å². The highest BCUT2D eigenvalue weighted by Crippen LogP contribution is 2.19. The quantitative estimate of drug-likeness (QED) is 0.745. The number of hydrogen-bond acceptors (Lipinski definition) is 2. The van der Waals surface area contributed by atoms with E-state index in [9.17, 15) is 4.79 Å². The van der Waals surface area contributed by atoms with Gasteiger partial charge in [0, 0.05) is 30.9 Å². The van der Waals surface area contributed by atoms with Crippen molar-refractivity contribution >= 4 is 32.9 Å². The molecule has 1 N–H and O–H groups in total. The fraction of sp³-hybridized carbons (Fsp3) is 0.222. The van der Waals surface area contributed by atoms with Crippen LogP contribution in [-0.2, 0) is 17.8 Å². The van der Waals surface area contributed by atoms with Gasteiger partial charge in [-0.25, -0.2) is 4.98 Å². The molecule has 5 heteroatoms. The van der Waals surface area contributed by atoms with Crippen molar-refractivity contribution in [3.63, 3.8) is 0 Å². The maximum absolute atomic E-state index is 11.1. The summed E-state index contributed by atoms with van der Waals surface area (Å²) in [5, 5.41) is 2.84. The normalized spacial score (nSPS) is 10.9. The van der Waals surface area contributed by atoms with Gasteiger partial charge < -0.3 is 9.88 Å². The summed E-state index contributed by atoms with van der Waals surface area (Å²) in [6.45, 7) is 2.90. The molecule has 2 aromatic carbocycles. The SMILES string of the molecule is CC(=O)NCCc1nc2ccccc2n1Cc1ccc(Br)cc1. The number of amides is 1. The van der Waals surface area contributed by atoms with Gasteiger partial charge >= 0.3 is 0 Å². The summed E-state index contributed by atoms with van der Waals surface area (Å²) in [5.74, 6) is 0.975. The van der Waals surface area contributed by atoms with E-state index in [4.69, 9.17) is 4.98 Å². The first-order valence-corrected chi connectivity index (χ1v) is 8.36. The molecule has 0 aliphatic carbocycles. The minimum atomic E-state index is -0.0134. The average Bonchev–Trinajstić information content (AvgIpc) is 2.87. The molecule has 0 unspecified atom stereocenters. The molecule has 118 valence electrons. The first-order chi connectivity index (χ1) is 11.1. The Bertz CT molecular complexity index is 824. The third-order valence-electron chi connectivity index (χ3n) is 3.71. The van der Waals surface area contributed by atoms with Crippen molar-refractivity contribution in [1.29, 1.82) is 0 Å². The number of carbonyl (C=O) groups is 1. The molecule has 0 fully saturated rings. The van der Waals surface area contributed by atoms with Gasteiger partial charge in [-0.15, -0.1) is 0 Å². The number of aromatic nitrogens is 2. The lowest BCUT2D eigenvalue weighted by Crippen LogP contribution is -2.23. The standard InChI is InChI=1S/C18H18BrN3O/c1-13(23)20-11-10-18-21-16-4-2-3-5-17(16)22(18)12-14-6-8-15(19)9-7-14/h2-9H,10-12H2,1H3,(H,20,23). The van der Waals surface area contributed by atoms with E-state index in [2.05, 4.69) is 44.0 Å². The highest BCUT2D eigenvalue weighted by Gasteiger charge is 2.11. The van der Waals surface area contributed by atoms with Gasteiger partial charge in [0.25, 0.3) is 0 Å². The first kappa shape index (κ1) is 15.7. The molecule has 0 radical (unpaired) electrons. The Labute approximate surface area is 143 Å². The molecule has 0 atom stereocenters. The zero-order valence-electron chi connectivity index (χ0n) is 12.9. The number of imidazole rings is 1. The van der Waals surface area contributed by atoms with E-state index in [0.717, 1.165) is 27.9 Å². The van der Waals surface area contributed by atoms with Crippen LogP contribution in [0.25, 0.3) is 11.0 Å². The maximum Gasteiger partial charge on any atom is 0.216 e. The Hall–Kier alpha value is -2.14. The van der Waals surface area contributed by atoms with Crippen LogP contribution in [0.2, 0.25) is 0 Å². The topological polar surface area (TPSA) is 46.9 Å². The fourth-order valence-corrected chi connectivity index (χ4v) is 2.88. The lowest BCUT2D eigenvalue weighted by Gasteiger charge is -2.10. The van der Waals surface area contributed by atoms with E-state index in [1.165, 1.54) is 12.5 Å². The summed E-state index contributed by atoms with van der Waals surface area (Å²) in [6, 6.07) is 16.4. The van der Waals surface area contributed by atoms with Crippen LogP contribution in [0, 0.1) is 0 Å². The molecule has 0 saturated heterocycles. The average molecular weight is 372 g/mol. The van der Waals surface area contributed by atoms with Gasteiger partial charge in [0.2, 0.25) is 5.91 Å². The number of carbonyl (C=O) groups excluding carboxylic acids is 1. The predicted molar refractivity (Wildman–Crippen MR) is 95.4 cm³/mol. The number of nitrogens with zero attached hydrogens (tertiary/aromatic N) is 2. The molecule has 0 saturated carbocycles. The number of rotatable bonds is 5. The predicted octanol–water partition coefficient (Wildman–Crippen LogP) is 3.53. The summed E-state index contributed by atoms with van der Waals surface area (Å²) < 4.78 is 3.29. The Morgan fingerprint density at radius 3 is 2.65 bits per heavy atom. The third kappa shape index (κ3) is 3.79. The van der Waals surface area contributed by atoms with Crippen molar-refractivity contribution in [2.24, 2.45) is 0 Å². The molecule has 1 heterocycles. The van der Waals surface area contributed by atoms with Crippen LogP contribution in [0.3, 0.4) is 0 Å². The van der Waals surface area contributed by atoms with Gasteiger partial charge in [-0.05, 0) is 29.8 Å². The monoisotopic (exact) mass is 371 g/mol. The molecule has 3 aromatic rings. The molecule has 4 nitrogen and oxygen atoms in total. The Morgan fingerprint density at radius 1 is 1.17 bits per heavy atom. The molecule has 1 amide bonds. The molecular formula is C18H18BrN3O. The second-order valence-electron chi connectivity index (χ2n) is 5.46. The van der Waals surface area contributed by atoms with Crippen molar-refractivity contribution in [3.05, 3.63) is 64.4 Å². The van der Waals surface area contributed by atoms with Gasteiger partial charge in [0.15, 0.2) is 0 Å². The minimum absolute atomic E-state index is 0.0134. The lowest BCUT2D eigenvalue weighted by molar-refractivity contribution is -0.118. The van der Waals surface area contributed by atoms with E-state index < -0.39 is 0 Å². The van der Waals surface area contributed by atoms with Gasteiger partial charge in [-0.3, -0.25) is 4.79 Å². The molecule has 0 spiro atoms. The molecular weight excluding hydrogens is 354 g/mol. The van der Waals surface area contributed by atoms with Gasteiger partial charge in [0.05, 0.1) is 11.0 Å². The van der Waals surface area contributed by atoms with Crippen molar-refractivity contribution in [2.75, 3.05) is 6.54 Å². The summed E-state index contributed by atoms with van der Waals surface area (Å²) in [5.41, 5.74) is 3.33. The fourth-order valence-electron chi connectivity index (χ4n) is 2.62. The first-order valence-electron chi connectivity index (χ1n) is 7.56. The van der Waals surface area contributed by atoms with E-state index in [0.29, 0.717) is 13.0 Å². The van der Waals surface area contributed by atoms with Crippen molar-refractivity contribution in [3.8, 4) is 0 Å². The number of para-hydroxylation sites is 2. The Balaban J connectivity index is 1.91. The van der Waals surface area contributed by atoms with E-state index >= 15 is 0 Å². The molecule has 1 aromatic heterocycles. The number of hydrogen-bond donors (Lipinski definition) is 1. The Kier molecular flexibility index (Phi) is 4.76. The number of fused-ring (bicyclic) bond motifs is 1. The summed E-state index contributed by atoms with van der Waals surface area (Å²) in [6.07, 6.45) is 0.713. The molecule has 3 rings (SSSR count). The van der Waals surface area contributed by atoms with Crippen LogP contribution < -0.4 is 5.32 Å². The summed E-state index contributed by atoms with van der Waals surface area (Å²) in [4.78, 5) is 15.8. The number of nitrogens with one attached hydrogen (secondary N) is 1. The van der Waals surface area contributed by atoms with Crippen LogP contribution in [0.5, 0.6) is 0 Å². The zero-order chi connectivity index (χ0) is 16.2. The van der Waals surface area contributed by atoms with Gasteiger partial charge in [-0.1, -0.05) is 40.2 Å². The molecule has 23 heavy (non-hydrogen) atoms. The minimum Gasteiger partial charge on any atom is -0.356 e. The van der Waals surface area contributed by atoms with E-state index in [1.807, 2.05) is 30.3 Å². The Morgan fingerprint density at radius 2 is 1.91 bits per heavy atom. The number of benzene rings is 2. The zero-order valence-corrected chi connectivity index (χ0v) is 14.5. The molecule has 0 bridgehead atoms. The van der Waals surface area contributed by atoms with Crippen molar-refractivity contribution in [1.82, 2.24) is 14.9 Å². The van der Waals surface area contributed by atoms with Crippen LogP contribution in [0.1, 0.15) is 18.3 Å². The van der Waals surface area contributed by atoms with E-state index in [-0.39, 0.29) is 5.91 Å².